The van der Waals surface area contributed by atoms with Crippen LogP contribution in [0.2, 0.25) is 0 Å². The number of aromatic nitrogens is 3. The van der Waals surface area contributed by atoms with Crippen LogP contribution in [0.3, 0.4) is 0 Å². The molecule has 0 aliphatic heterocycles. The number of rotatable bonds is 3. The smallest absolute Gasteiger partial charge is 0.333 e. The van der Waals surface area contributed by atoms with E-state index in [2.05, 4.69) is 4.98 Å². The maximum atomic E-state index is 12.0. The van der Waals surface area contributed by atoms with E-state index in [-0.39, 0.29) is 17.6 Å². The summed E-state index contributed by atoms with van der Waals surface area (Å²) in [4.78, 5) is 38.7. The number of nitrogens with zero attached hydrogens (tertiary/aromatic N) is 3. The van der Waals surface area contributed by atoms with E-state index in [1.165, 1.54) is 12.3 Å². The molecule has 0 aliphatic carbocycles. The van der Waals surface area contributed by atoms with Gasteiger partial charge in [0.15, 0.2) is 0 Å². The van der Waals surface area contributed by atoms with Gasteiger partial charge in [-0.15, -0.1) is 0 Å². The number of hydrogen-bond acceptors (Lipinski definition) is 4. The van der Waals surface area contributed by atoms with Gasteiger partial charge in [-0.05, 0) is 19.1 Å². The highest BCUT2D eigenvalue weighted by Gasteiger charge is 2.14. The Balaban J connectivity index is 2.95. The summed E-state index contributed by atoms with van der Waals surface area (Å²) in [5.74, 6) is -1.16. The van der Waals surface area contributed by atoms with Gasteiger partial charge in [-0.3, -0.25) is 18.7 Å². The van der Waals surface area contributed by atoms with Crippen molar-refractivity contribution in [2.24, 2.45) is 0 Å². The highest BCUT2D eigenvalue weighted by Crippen LogP contribution is 2.03. The summed E-state index contributed by atoms with van der Waals surface area (Å²) in [6.45, 7) is 1.31. The minimum Gasteiger partial charge on any atom is -0.480 e. The van der Waals surface area contributed by atoms with Crippen LogP contribution >= 0.6 is 0 Å². The summed E-state index contributed by atoms with van der Waals surface area (Å²) in [7, 11) is 0. The van der Waals surface area contributed by atoms with Crippen molar-refractivity contribution in [3.05, 3.63) is 39.2 Å². The summed E-state index contributed by atoms with van der Waals surface area (Å²) >= 11 is 0. The van der Waals surface area contributed by atoms with Crippen molar-refractivity contribution in [1.82, 2.24) is 14.1 Å². The lowest BCUT2D eigenvalue weighted by Gasteiger charge is -2.09. The van der Waals surface area contributed by atoms with Crippen LogP contribution in [-0.4, -0.2) is 25.2 Å². The number of pyridine rings is 1. The average molecular weight is 249 g/mol. The predicted octanol–water partition coefficient (Wildman–Crippen LogP) is -0.337. The molecule has 0 spiro atoms. The van der Waals surface area contributed by atoms with E-state index in [0.29, 0.717) is 0 Å². The minimum atomic E-state index is -1.16. The van der Waals surface area contributed by atoms with Gasteiger partial charge in [0.1, 0.15) is 12.2 Å². The lowest BCUT2D eigenvalue weighted by atomic mass is 10.3. The van der Waals surface area contributed by atoms with E-state index in [4.69, 9.17) is 5.11 Å². The maximum absolute atomic E-state index is 12.0. The summed E-state index contributed by atoms with van der Waals surface area (Å²) < 4.78 is 1.98. The Labute approximate surface area is 101 Å². The second-order valence-electron chi connectivity index (χ2n) is 3.69. The Morgan fingerprint density at radius 1 is 1.39 bits per heavy atom. The summed E-state index contributed by atoms with van der Waals surface area (Å²) in [6, 6.07) is 3.09. The zero-order valence-corrected chi connectivity index (χ0v) is 9.66. The Kier molecular flexibility index (Phi) is 2.97. The van der Waals surface area contributed by atoms with Crippen LogP contribution in [0.15, 0.2) is 27.9 Å². The molecule has 0 atom stereocenters. The molecule has 2 rings (SSSR count). The molecule has 0 aromatic carbocycles. The third-order valence-corrected chi connectivity index (χ3v) is 2.59. The molecule has 94 valence electrons. The molecule has 0 saturated carbocycles. The van der Waals surface area contributed by atoms with Crippen LogP contribution in [-0.2, 0) is 17.9 Å². The molecular formula is C11H11N3O4. The van der Waals surface area contributed by atoms with Gasteiger partial charge in [-0.2, -0.15) is 0 Å². The molecule has 0 radical (unpaired) electrons. The van der Waals surface area contributed by atoms with E-state index in [9.17, 15) is 14.4 Å². The van der Waals surface area contributed by atoms with Crippen molar-refractivity contribution >= 4 is 17.0 Å². The second-order valence-corrected chi connectivity index (χ2v) is 3.69. The molecule has 7 heteroatoms. The monoisotopic (exact) mass is 249 g/mol. The van der Waals surface area contributed by atoms with Crippen LogP contribution in [0.25, 0.3) is 11.0 Å². The molecule has 1 N–H and O–H groups in total. The molecule has 18 heavy (non-hydrogen) atoms. The Morgan fingerprint density at radius 2 is 2.11 bits per heavy atom. The largest absolute Gasteiger partial charge is 0.480 e. The van der Waals surface area contributed by atoms with Gasteiger partial charge >= 0.3 is 11.7 Å². The highest BCUT2D eigenvalue weighted by molar-refractivity contribution is 5.75. The Hall–Kier alpha value is -2.44. The van der Waals surface area contributed by atoms with Crippen molar-refractivity contribution in [1.29, 1.82) is 0 Å². The lowest BCUT2D eigenvalue weighted by molar-refractivity contribution is -0.137. The Morgan fingerprint density at radius 3 is 2.72 bits per heavy atom. The zero-order chi connectivity index (χ0) is 13.3. The normalized spacial score (nSPS) is 10.7. The van der Waals surface area contributed by atoms with Crippen LogP contribution in [0, 0.1) is 0 Å². The third kappa shape index (κ3) is 1.79. The van der Waals surface area contributed by atoms with Gasteiger partial charge in [0, 0.05) is 12.7 Å². The second kappa shape index (κ2) is 4.44. The van der Waals surface area contributed by atoms with Crippen LogP contribution in [0.1, 0.15) is 6.92 Å². The summed E-state index contributed by atoms with van der Waals surface area (Å²) in [5.41, 5.74) is -1.01. The highest BCUT2D eigenvalue weighted by atomic mass is 16.4. The zero-order valence-electron chi connectivity index (χ0n) is 9.66. The molecule has 2 aromatic rings. The van der Waals surface area contributed by atoms with Gasteiger partial charge in [-0.25, -0.2) is 9.78 Å². The number of carbonyl (C=O) groups is 1. The number of hydrogen-bond donors (Lipinski definition) is 1. The average Bonchev–Trinajstić information content (AvgIpc) is 2.35. The topological polar surface area (TPSA) is 94.2 Å². The number of carboxylic acids is 1. The van der Waals surface area contributed by atoms with E-state index in [1.54, 1.807) is 13.0 Å². The summed E-state index contributed by atoms with van der Waals surface area (Å²) in [6.07, 6.45) is 1.41. The molecule has 0 amide bonds. The van der Waals surface area contributed by atoms with Gasteiger partial charge < -0.3 is 5.11 Å². The first-order valence-corrected chi connectivity index (χ1v) is 5.36. The minimum absolute atomic E-state index is 0.0969. The molecule has 2 aromatic heterocycles. The molecular weight excluding hydrogens is 238 g/mol. The van der Waals surface area contributed by atoms with Crippen molar-refractivity contribution in [3.8, 4) is 0 Å². The third-order valence-electron chi connectivity index (χ3n) is 2.59. The van der Waals surface area contributed by atoms with Gasteiger partial charge in [0.05, 0.1) is 5.39 Å². The molecule has 0 bridgehead atoms. The van der Waals surface area contributed by atoms with E-state index in [0.717, 1.165) is 9.13 Å². The number of aliphatic carboxylic acids is 1. The van der Waals surface area contributed by atoms with Crippen molar-refractivity contribution in [3.63, 3.8) is 0 Å². The number of fused-ring (bicyclic) bond motifs is 1. The van der Waals surface area contributed by atoms with Crippen LogP contribution in [0.4, 0.5) is 0 Å². The first-order valence-electron chi connectivity index (χ1n) is 5.36. The van der Waals surface area contributed by atoms with E-state index < -0.39 is 23.8 Å². The predicted molar refractivity (Wildman–Crippen MR) is 63.6 cm³/mol. The van der Waals surface area contributed by atoms with Gasteiger partial charge in [0.2, 0.25) is 0 Å². The van der Waals surface area contributed by atoms with E-state index in [1.807, 2.05) is 0 Å². The standard InChI is InChI=1S/C11H11N3O4/c1-2-13-10(17)7-4-3-5-12-9(7)14(11(13)18)6-8(15)16/h3-5H,2,6H2,1H3,(H,15,16). The Bertz CT molecular complexity index is 729. The van der Waals surface area contributed by atoms with Crippen LogP contribution < -0.4 is 11.2 Å². The van der Waals surface area contributed by atoms with E-state index >= 15 is 0 Å². The van der Waals surface area contributed by atoms with Crippen molar-refractivity contribution in [2.75, 3.05) is 0 Å². The molecule has 0 aliphatic rings. The van der Waals surface area contributed by atoms with Crippen molar-refractivity contribution in [2.45, 2.75) is 20.0 Å². The van der Waals surface area contributed by atoms with Crippen LogP contribution in [0.5, 0.6) is 0 Å². The fourth-order valence-electron chi connectivity index (χ4n) is 1.80. The summed E-state index contributed by atoms with van der Waals surface area (Å²) in [5, 5.41) is 9.05. The quantitative estimate of drug-likeness (QED) is 0.803. The first-order chi connectivity index (χ1) is 8.56. The number of carboxylic acid groups (broad SMARTS) is 1. The van der Waals surface area contributed by atoms with Gasteiger partial charge in [0.25, 0.3) is 5.56 Å². The lowest BCUT2D eigenvalue weighted by Crippen LogP contribution is -2.41. The fourth-order valence-corrected chi connectivity index (χ4v) is 1.80. The fraction of sp³-hybridized carbons (Fsp3) is 0.273. The molecule has 0 fully saturated rings. The molecule has 2 heterocycles. The molecule has 7 nitrogen and oxygen atoms in total. The maximum Gasteiger partial charge on any atom is 0.333 e. The van der Waals surface area contributed by atoms with Crippen molar-refractivity contribution < 1.29 is 9.90 Å². The van der Waals surface area contributed by atoms with Gasteiger partial charge in [-0.1, -0.05) is 0 Å². The SMILES string of the molecule is CCn1c(=O)c2cccnc2n(CC(=O)O)c1=O. The molecule has 0 saturated heterocycles. The first kappa shape index (κ1) is 12.0. The molecule has 0 unspecified atom stereocenters.